The lowest BCUT2D eigenvalue weighted by molar-refractivity contribution is 0.174. The monoisotopic (exact) mass is 377 g/mol. The van der Waals surface area contributed by atoms with E-state index in [4.69, 9.17) is 21.1 Å². The van der Waals surface area contributed by atoms with E-state index in [1.165, 1.54) is 22.7 Å². The standard InChI is InChI=1S/C16H12ClN3O2S2/c1-18-16-20(11(8-23-16)14-4-5-15(17)24-14)19-7-10-2-3-12-13(6-10)22-9-21-12/h2-8H,9H2,1H3/b18-16?,19-7-. The average Bonchev–Trinajstić information content (AvgIpc) is 3.30. The number of nitrogens with zero attached hydrogens (tertiary/aromatic N) is 3. The van der Waals surface area contributed by atoms with Gasteiger partial charge in [0.25, 0.3) is 0 Å². The first kappa shape index (κ1) is 15.4. The first-order valence-electron chi connectivity index (χ1n) is 7.07. The van der Waals surface area contributed by atoms with Gasteiger partial charge in [-0.2, -0.15) is 5.10 Å². The Labute approximate surface area is 151 Å². The molecule has 8 heteroatoms. The highest BCUT2D eigenvalue weighted by molar-refractivity contribution is 7.19. The molecule has 0 fully saturated rings. The van der Waals surface area contributed by atoms with Crippen LogP contribution in [0, 0.1) is 0 Å². The molecule has 0 saturated carbocycles. The van der Waals surface area contributed by atoms with Gasteiger partial charge in [-0.25, -0.2) is 4.68 Å². The van der Waals surface area contributed by atoms with Gasteiger partial charge in [0, 0.05) is 12.4 Å². The molecule has 0 bridgehead atoms. The van der Waals surface area contributed by atoms with E-state index in [0.29, 0.717) is 0 Å². The zero-order valence-electron chi connectivity index (χ0n) is 12.6. The van der Waals surface area contributed by atoms with Crippen LogP contribution in [0.4, 0.5) is 0 Å². The van der Waals surface area contributed by atoms with E-state index >= 15 is 0 Å². The molecule has 1 aromatic carbocycles. The molecule has 1 aliphatic rings. The summed E-state index contributed by atoms with van der Waals surface area (Å²) in [6.07, 6.45) is 1.78. The van der Waals surface area contributed by atoms with E-state index in [1.807, 2.05) is 40.4 Å². The second-order valence-electron chi connectivity index (χ2n) is 4.90. The van der Waals surface area contributed by atoms with Crippen LogP contribution >= 0.6 is 34.3 Å². The van der Waals surface area contributed by atoms with Gasteiger partial charge in [-0.05, 0) is 35.9 Å². The van der Waals surface area contributed by atoms with E-state index in [-0.39, 0.29) is 6.79 Å². The van der Waals surface area contributed by atoms with Crippen LogP contribution in [0.5, 0.6) is 11.5 Å². The van der Waals surface area contributed by atoms with Gasteiger partial charge < -0.3 is 9.47 Å². The van der Waals surface area contributed by atoms with Crippen LogP contribution in [0.1, 0.15) is 5.56 Å². The Kier molecular flexibility index (Phi) is 4.13. The summed E-state index contributed by atoms with van der Waals surface area (Å²) in [4.78, 5) is 6.15. The van der Waals surface area contributed by atoms with Crippen molar-refractivity contribution in [3.63, 3.8) is 0 Å². The number of benzene rings is 1. The molecule has 0 saturated heterocycles. The molecule has 0 atom stereocenters. The lowest BCUT2D eigenvalue weighted by atomic mass is 10.2. The van der Waals surface area contributed by atoms with E-state index < -0.39 is 0 Å². The van der Waals surface area contributed by atoms with Crippen molar-refractivity contribution >= 4 is 40.5 Å². The second-order valence-corrected chi connectivity index (χ2v) is 7.45. The molecule has 0 radical (unpaired) electrons. The van der Waals surface area contributed by atoms with Crippen molar-refractivity contribution in [2.45, 2.75) is 0 Å². The van der Waals surface area contributed by atoms with E-state index in [0.717, 1.165) is 36.8 Å². The first-order chi connectivity index (χ1) is 11.7. The maximum absolute atomic E-state index is 6.06. The summed E-state index contributed by atoms with van der Waals surface area (Å²) in [5.74, 6) is 1.49. The minimum atomic E-state index is 0.261. The molecule has 0 aliphatic carbocycles. The van der Waals surface area contributed by atoms with Crippen molar-refractivity contribution in [3.8, 4) is 22.1 Å². The number of rotatable bonds is 3. The molecule has 0 spiro atoms. The normalized spacial score (nSPS) is 14.0. The number of ether oxygens (including phenoxy) is 2. The molecule has 122 valence electrons. The van der Waals surface area contributed by atoms with Crippen molar-refractivity contribution in [2.24, 2.45) is 10.1 Å². The van der Waals surface area contributed by atoms with E-state index in [1.54, 1.807) is 13.3 Å². The summed E-state index contributed by atoms with van der Waals surface area (Å²) in [7, 11) is 1.75. The van der Waals surface area contributed by atoms with Crippen molar-refractivity contribution in [2.75, 3.05) is 13.8 Å². The molecule has 2 aromatic heterocycles. The summed E-state index contributed by atoms with van der Waals surface area (Å²) in [6, 6.07) is 9.60. The fourth-order valence-corrected chi connectivity index (χ4v) is 4.22. The Bertz CT molecular complexity index is 987. The maximum atomic E-state index is 6.06. The highest BCUT2D eigenvalue weighted by Crippen LogP contribution is 2.33. The number of thiophene rings is 1. The highest BCUT2D eigenvalue weighted by Gasteiger charge is 2.13. The lowest BCUT2D eigenvalue weighted by Crippen LogP contribution is -2.11. The fraction of sp³-hybridized carbons (Fsp3) is 0.125. The fourth-order valence-electron chi connectivity index (χ4n) is 2.30. The number of aromatic nitrogens is 1. The number of halogens is 1. The van der Waals surface area contributed by atoms with Crippen molar-refractivity contribution in [3.05, 3.63) is 50.4 Å². The highest BCUT2D eigenvalue weighted by atomic mass is 35.5. The molecule has 3 heterocycles. The third-order valence-corrected chi connectivity index (χ3v) is 5.58. The van der Waals surface area contributed by atoms with Gasteiger partial charge in [0.05, 0.1) is 21.1 Å². The molecular formula is C16H12ClN3O2S2. The molecular weight excluding hydrogens is 366 g/mol. The van der Waals surface area contributed by atoms with Gasteiger partial charge in [-0.3, -0.25) is 4.99 Å². The molecule has 1 aliphatic heterocycles. The Morgan fingerprint density at radius 1 is 1.21 bits per heavy atom. The SMILES string of the molecule is CN=c1scc(-c2ccc(Cl)s2)n1/N=C\c1ccc2c(c1)OCO2. The summed E-state index contributed by atoms with van der Waals surface area (Å²) < 4.78 is 13.3. The van der Waals surface area contributed by atoms with E-state index in [2.05, 4.69) is 10.1 Å². The Morgan fingerprint density at radius 2 is 2.08 bits per heavy atom. The smallest absolute Gasteiger partial charge is 0.231 e. The third-order valence-electron chi connectivity index (χ3n) is 3.42. The Hall–Kier alpha value is -2.09. The Balaban J connectivity index is 1.72. The Morgan fingerprint density at radius 3 is 2.88 bits per heavy atom. The molecule has 5 nitrogen and oxygen atoms in total. The van der Waals surface area contributed by atoms with Crippen LogP contribution in [-0.4, -0.2) is 24.7 Å². The quantitative estimate of drug-likeness (QED) is 0.646. The van der Waals surface area contributed by atoms with Crippen LogP contribution in [0.3, 0.4) is 0 Å². The van der Waals surface area contributed by atoms with Crippen LogP contribution in [0.2, 0.25) is 4.34 Å². The molecule has 0 N–H and O–H groups in total. The molecule has 0 unspecified atom stereocenters. The maximum Gasteiger partial charge on any atom is 0.231 e. The summed E-state index contributed by atoms with van der Waals surface area (Å²) in [5.41, 5.74) is 1.89. The average molecular weight is 378 g/mol. The molecule has 3 aromatic rings. The summed E-state index contributed by atoms with van der Waals surface area (Å²) in [5, 5.41) is 6.62. The molecule has 4 rings (SSSR count). The van der Waals surface area contributed by atoms with Crippen molar-refractivity contribution in [1.29, 1.82) is 0 Å². The number of hydrogen-bond donors (Lipinski definition) is 0. The van der Waals surface area contributed by atoms with Crippen molar-refractivity contribution < 1.29 is 9.47 Å². The van der Waals surface area contributed by atoms with Gasteiger partial charge >= 0.3 is 0 Å². The first-order valence-corrected chi connectivity index (χ1v) is 9.15. The molecule has 24 heavy (non-hydrogen) atoms. The summed E-state index contributed by atoms with van der Waals surface area (Å²) >= 11 is 9.11. The predicted octanol–water partition coefficient (Wildman–Crippen LogP) is 4.07. The number of hydrogen-bond acceptors (Lipinski definition) is 6. The zero-order valence-corrected chi connectivity index (χ0v) is 15.0. The van der Waals surface area contributed by atoms with Gasteiger partial charge in [-0.1, -0.05) is 11.6 Å². The van der Waals surface area contributed by atoms with Crippen LogP contribution in [0.25, 0.3) is 10.6 Å². The van der Waals surface area contributed by atoms with Gasteiger partial charge in [0.1, 0.15) is 0 Å². The van der Waals surface area contributed by atoms with Gasteiger partial charge in [0.2, 0.25) is 11.6 Å². The summed E-state index contributed by atoms with van der Waals surface area (Å²) in [6.45, 7) is 0.261. The van der Waals surface area contributed by atoms with E-state index in [9.17, 15) is 0 Å². The zero-order chi connectivity index (χ0) is 16.5. The third kappa shape index (κ3) is 2.86. The minimum Gasteiger partial charge on any atom is -0.454 e. The van der Waals surface area contributed by atoms with Crippen molar-refractivity contribution in [1.82, 2.24) is 4.68 Å². The second kappa shape index (κ2) is 6.43. The number of fused-ring (bicyclic) bond motifs is 1. The van der Waals surface area contributed by atoms with Crippen LogP contribution in [-0.2, 0) is 0 Å². The number of thiazole rings is 1. The van der Waals surface area contributed by atoms with Crippen LogP contribution < -0.4 is 14.3 Å². The minimum absolute atomic E-state index is 0.261. The topological polar surface area (TPSA) is 48.1 Å². The predicted molar refractivity (Wildman–Crippen MR) is 97.7 cm³/mol. The molecule has 0 amide bonds. The van der Waals surface area contributed by atoms with Gasteiger partial charge in [0.15, 0.2) is 11.5 Å². The van der Waals surface area contributed by atoms with Gasteiger partial charge in [-0.15, -0.1) is 22.7 Å². The van der Waals surface area contributed by atoms with Crippen LogP contribution in [0.15, 0.2) is 45.8 Å². The lowest BCUT2D eigenvalue weighted by Gasteiger charge is -2.01. The largest absolute Gasteiger partial charge is 0.454 e.